The van der Waals surface area contributed by atoms with Crippen LogP contribution in [0.5, 0.6) is 0 Å². The summed E-state index contributed by atoms with van der Waals surface area (Å²) in [4.78, 5) is 26.1. The zero-order valence-electron chi connectivity index (χ0n) is 20.1. The van der Waals surface area contributed by atoms with Crippen molar-refractivity contribution in [3.63, 3.8) is 0 Å². The van der Waals surface area contributed by atoms with Crippen molar-refractivity contribution in [1.29, 1.82) is 0 Å². The second-order valence-corrected chi connectivity index (χ2v) is 11.4. The largest absolute Gasteiger partial charge is 0.469 e. The Balaban J connectivity index is 2.39. The zero-order chi connectivity index (χ0) is 24.8. The maximum Gasteiger partial charge on any atom is 0.411 e. The van der Waals surface area contributed by atoms with Crippen LogP contribution < -0.4 is 0 Å². The van der Waals surface area contributed by atoms with Gasteiger partial charge in [-0.2, -0.15) is 0 Å². The molecule has 1 heterocycles. The zero-order valence-corrected chi connectivity index (χ0v) is 20.9. The van der Waals surface area contributed by atoms with Gasteiger partial charge in [-0.05, 0) is 59.1 Å². The van der Waals surface area contributed by atoms with Gasteiger partial charge in [-0.25, -0.2) is 13.2 Å². The maximum atomic E-state index is 13.6. The topological polar surface area (TPSA) is 90.0 Å². The second kappa shape index (κ2) is 11.0. The van der Waals surface area contributed by atoms with E-state index in [1.807, 2.05) is 13.0 Å². The molecule has 7 nitrogen and oxygen atoms in total. The molecule has 2 rings (SSSR count). The summed E-state index contributed by atoms with van der Waals surface area (Å²) in [7, 11) is -2.40. The first kappa shape index (κ1) is 26.6. The number of unbranched alkanes of at least 4 members (excludes halogenated alkanes) is 1. The van der Waals surface area contributed by atoms with Gasteiger partial charge in [0, 0.05) is 6.42 Å². The fourth-order valence-corrected chi connectivity index (χ4v) is 5.71. The van der Waals surface area contributed by atoms with E-state index in [1.165, 1.54) is 12.0 Å². The highest BCUT2D eigenvalue weighted by Gasteiger charge is 2.49. The van der Waals surface area contributed by atoms with Crippen molar-refractivity contribution in [3.8, 4) is 0 Å². The first-order valence-corrected chi connectivity index (χ1v) is 12.6. The number of likely N-dealkylation sites (tertiary alicyclic amines) is 1. The summed E-state index contributed by atoms with van der Waals surface area (Å²) in [5.74, 6) is -0.300. The van der Waals surface area contributed by atoms with Crippen molar-refractivity contribution in [2.24, 2.45) is 0 Å². The van der Waals surface area contributed by atoms with Gasteiger partial charge in [0.1, 0.15) is 5.60 Å². The van der Waals surface area contributed by atoms with Crippen LogP contribution in [0.25, 0.3) is 0 Å². The lowest BCUT2D eigenvalue weighted by Crippen LogP contribution is -2.45. The smallest absolute Gasteiger partial charge is 0.411 e. The van der Waals surface area contributed by atoms with Gasteiger partial charge in [-0.1, -0.05) is 35.9 Å². The molecular weight excluding hydrogens is 442 g/mol. The number of carbonyl (C=O) groups excluding carboxylic acids is 2. The third kappa shape index (κ3) is 6.93. The lowest BCUT2D eigenvalue weighted by atomic mass is 10.1. The lowest BCUT2D eigenvalue weighted by Gasteiger charge is -2.31. The van der Waals surface area contributed by atoms with E-state index in [2.05, 4.69) is 11.3 Å². The van der Waals surface area contributed by atoms with Crippen LogP contribution in [0.1, 0.15) is 52.0 Å². The van der Waals surface area contributed by atoms with Crippen LogP contribution in [0.2, 0.25) is 0 Å². The minimum absolute atomic E-state index is 0.218. The Kier molecular flexibility index (Phi) is 8.89. The Morgan fingerprint density at radius 3 is 2.39 bits per heavy atom. The Morgan fingerprint density at radius 1 is 1.21 bits per heavy atom. The van der Waals surface area contributed by atoms with Crippen molar-refractivity contribution in [3.05, 3.63) is 54.6 Å². The summed E-state index contributed by atoms with van der Waals surface area (Å²) in [6.07, 6.45) is 6.14. The standard InChI is InChI=1S/C25H35NO6S/c1-7-19-17-22(33(29,30)20-15-13-18(2)14-16-20)21(11-9-8-10-12-23(27)31-6)26(19)24(28)32-25(3,4)5/h7,9,11,13-16,19,21-22H,1,8,10,12,17H2,2-6H3/b11-9+/t19-,21+,22+/m0/s1. The van der Waals surface area contributed by atoms with Crippen molar-refractivity contribution in [2.75, 3.05) is 7.11 Å². The molecule has 33 heavy (non-hydrogen) atoms. The number of hydrogen-bond acceptors (Lipinski definition) is 6. The number of methoxy groups -OCH3 is 1. The van der Waals surface area contributed by atoms with E-state index in [4.69, 9.17) is 4.74 Å². The minimum atomic E-state index is -3.74. The van der Waals surface area contributed by atoms with E-state index in [0.29, 0.717) is 12.8 Å². The fourth-order valence-electron chi connectivity index (χ4n) is 3.80. The van der Waals surface area contributed by atoms with Gasteiger partial charge in [0.2, 0.25) is 0 Å². The lowest BCUT2D eigenvalue weighted by molar-refractivity contribution is -0.140. The molecule has 0 saturated carbocycles. The van der Waals surface area contributed by atoms with Gasteiger partial charge in [0.05, 0.1) is 29.3 Å². The molecule has 0 radical (unpaired) electrons. The molecule has 1 aromatic carbocycles. The third-order valence-corrected chi connectivity index (χ3v) is 7.67. The van der Waals surface area contributed by atoms with Gasteiger partial charge in [-0.15, -0.1) is 6.58 Å². The quantitative estimate of drug-likeness (QED) is 0.309. The number of esters is 1. The van der Waals surface area contributed by atoms with E-state index in [1.54, 1.807) is 57.2 Å². The molecule has 0 N–H and O–H groups in total. The van der Waals surface area contributed by atoms with Gasteiger partial charge in [0.25, 0.3) is 0 Å². The highest BCUT2D eigenvalue weighted by molar-refractivity contribution is 7.92. The predicted molar refractivity (Wildman–Crippen MR) is 128 cm³/mol. The number of benzene rings is 1. The molecule has 1 aromatic rings. The molecule has 1 fully saturated rings. The molecule has 1 saturated heterocycles. The van der Waals surface area contributed by atoms with Crippen LogP contribution in [-0.2, 0) is 24.1 Å². The molecule has 1 aliphatic heterocycles. The fraction of sp³-hybridized carbons (Fsp3) is 0.520. The van der Waals surface area contributed by atoms with Crippen LogP contribution in [0, 0.1) is 6.92 Å². The SMILES string of the molecule is C=C[C@H]1C[C@@H](S(=O)(=O)c2ccc(C)cc2)[C@@H](/C=C/CCCC(=O)OC)N1C(=O)OC(C)(C)C. The first-order chi connectivity index (χ1) is 15.4. The van der Waals surface area contributed by atoms with Crippen molar-refractivity contribution in [2.45, 2.75) is 81.2 Å². The van der Waals surface area contributed by atoms with Gasteiger partial charge in [-0.3, -0.25) is 9.69 Å². The number of allylic oxidation sites excluding steroid dienone is 1. The number of nitrogens with zero attached hydrogens (tertiary/aromatic N) is 1. The molecule has 0 unspecified atom stereocenters. The van der Waals surface area contributed by atoms with Crippen LogP contribution in [0.3, 0.4) is 0 Å². The Bertz CT molecular complexity index is 975. The Morgan fingerprint density at radius 2 is 1.85 bits per heavy atom. The normalized spacial score (nSPS) is 21.2. The van der Waals surface area contributed by atoms with Gasteiger partial charge >= 0.3 is 12.1 Å². The van der Waals surface area contributed by atoms with E-state index in [0.717, 1.165) is 5.56 Å². The summed E-state index contributed by atoms with van der Waals surface area (Å²) in [5, 5.41) is -0.854. The van der Waals surface area contributed by atoms with E-state index in [9.17, 15) is 18.0 Å². The summed E-state index contributed by atoms with van der Waals surface area (Å²) in [6, 6.07) is 5.50. The summed E-state index contributed by atoms with van der Waals surface area (Å²) in [6.45, 7) is 11.0. The molecule has 1 amide bonds. The molecular formula is C25H35NO6S. The molecule has 0 aliphatic carbocycles. The predicted octanol–water partition coefficient (Wildman–Crippen LogP) is 4.60. The van der Waals surface area contributed by atoms with Crippen LogP contribution in [-0.4, -0.2) is 55.4 Å². The first-order valence-electron chi connectivity index (χ1n) is 11.1. The van der Waals surface area contributed by atoms with Gasteiger partial charge in [0.15, 0.2) is 9.84 Å². The molecule has 0 aromatic heterocycles. The van der Waals surface area contributed by atoms with Crippen LogP contribution >= 0.6 is 0 Å². The highest BCUT2D eigenvalue weighted by atomic mass is 32.2. The second-order valence-electron chi connectivity index (χ2n) is 9.21. The molecule has 0 bridgehead atoms. The number of rotatable bonds is 8. The Hall–Kier alpha value is -2.61. The Labute approximate surface area is 197 Å². The van der Waals surface area contributed by atoms with E-state index < -0.39 is 38.9 Å². The molecule has 0 spiro atoms. The monoisotopic (exact) mass is 477 g/mol. The number of ether oxygens (including phenoxy) is 2. The van der Waals surface area contributed by atoms with Crippen LogP contribution in [0.4, 0.5) is 4.79 Å². The number of carbonyl (C=O) groups is 2. The molecule has 8 heteroatoms. The number of hydrogen-bond donors (Lipinski definition) is 0. The van der Waals surface area contributed by atoms with Crippen LogP contribution in [0.15, 0.2) is 54.0 Å². The maximum absolute atomic E-state index is 13.6. The molecule has 182 valence electrons. The summed E-state index contributed by atoms with van der Waals surface area (Å²) in [5.41, 5.74) is 0.229. The highest BCUT2D eigenvalue weighted by Crippen LogP contribution is 2.36. The number of aryl methyl sites for hydroxylation is 1. The average molecular weight is 478 g/mol. The molecule has 1 aliphatic rings. The summed E-state index contributed by atoms with van der Waals surface area (Å²) >= 11 is 0. The van der Waals surface area contributed by atoms with Crippen molar-refractivity contribution in [1.82, 2.24) is 4.90 Å². The number of sulfone groups is 1. The van der Waals surface area contributed by atoms with Crippen molar-refractivity contribution < 1.29 is 27.5 Å². The van der Waals surface area contributed by atoms with E-state index >= 15 is 0 Å². The summed E-state index contributed by atoms with van der Waals surface area (Å²) < 4.78 is 37.4. The number of amides is 1. The average Bonchev–Trinajstić information content (AvgIpc) is 3.12. The van der Waals surface area contributed by atoms with Gasteiger partial charge < -0.3 is 9.47 Å². The molecule has 3 atom stereocenters. The van der Waals surface area contributed by atoms with E-state index in [-0.39, 0.29) is 23.7 Å². The minimum Gasteiger partial charge on any atom is -0.469 e. The van der Waals surface area contributed by atoms with Crippen molar-refractivity contribution >= 4 is 21.9 Å². The third-order valence-electron chi connectivity index (χ3n) is 5.47.